The lowest BCUT2D eigenvalue weighted by atomic mass is 9.77. The summed E-state index contributed by atoms with van der Waals surface area (Å²) in [7, 11) is 0. The molecule has 1 aromatic heterocycles. The Morgan fingerprint density at radius 3 is 3.00 bits per heavy atom. The molecule has 18 heavy (non-hydrogen) atoms. The van der Waals surface area contributed by atoms with Gasteiger partial charge in [0, 0.05) is 31.2 Å². The largest absolute Gasteiger partial charge is 0.481 e. The van der Waals surface area contributed by atoms with Crippen LogP contribution in [0.3, 0.4) is 0 Å². The minimum atomic E-state index is -0.665. The lowest BCUT2D eigenvalue weighted by molar-refractivity contribution is -0.149. The Morgan fingerprint density at radius 1 is 1.61 bits per heavy atom. The highest BCUT2D eigenvalue weighted by Gasteiger charge is 2.41. The molecule has 1 fully saturated rings. The van der Waals surface area contributed by atoms with E-state index in [9.17, 15) is 9.90 Å². The van der Waals surface area contributed by atoms with Crippen molar-refractivity contribution < 1.29 is 9.90 Å². The average molecular weight is 248 g/mol. The van der Waals surface area contributed by atoms with Crippen LogP contribution in [0.2, 0.25) is 0 Å². The SMILES string of the molecule is CCC1(C(=O)O)CCCN(c2ccncc2C)C1. The lowest BCUT2D eigenvalue weighted by Gasteiger charge is -2.41. The molecule has 2 heterocycles. The average Bonchev–Trinajstić information content (AvgIpc) is 2.39. The van der Waals surface area contributed by atoms with Crippen molar-refractivity contribution in [2.24, 2.45) is 5.41 Å². The van der Waals surface area contributed by atoms with E-state index < -0.39 is 11.4 Å². The van der Waals surface area contributed by atoms with Crippen molar-refractivity contribution >= 4 is 11.7 Å². The van der Waals surface area contributed by atoms with Crippen molar-refractivity contribution in [3.05, 3.63) is 24.0 Å². The molecule has 2 rings (SSSR count). The van der Waals surface area contributed by atoms with Gasteiger partial charge in [0.15, 0.2) is 0 Å². The number of hydrogen-bond donors (Lipinski definition) is 1. The number of carboxylic acids is 1. The first-order chi connectivity index (χ1) is 8.59. The third-order valence-electron chi connectivity index (χ3n) is 4.04. The van der Waals surface area contributed by atoms with Gasteiger partial charge in [-0.15, -0.1) is 0 Å². The number of hydrogen-bond acceptors (Lipinski definition) is 3. The number of carbonyl (C=O) groups is 1. The number of rotatable bonds is 3. The van der Waals surface area contributed by atoms with Crippen LogP contribution in [0.5, 0.6) is 0 Å². The summed E-state index contributed by atoms with van der Waals surface area (Å²) in [6.07, 6.45) is 5.99. The molecule has 1 aliphatic rings. The molecule has 1 atom stereocenters. The van der Waals surface area contributed by atoms with Crippen molar-refractivity contribution in [1.82, 2.24) is 4.98 Å². The summed E-state index contributed by atoms with van der Waals surface area (Å²) < 4.78 is 0. The molecular weight excluding hydrogens is 228 g/mol. The van der Waals surface area contributed by atoms with E-state index >= 15 is 0 Å². The quantitative estimate of drug-likeness (QED) is 0.892. The van der Waals surface area contributed by atoms with Gasteiger partial charge in [-0.1, -0.05) is 6.92 Å². The molecule has 1 aliphatic heterocycles. The van der Waals surface area contributed by atoms with Crippen molar-refractivity contribution in [1.29, 1.82) is 0 Å². The van der Waals surface area contributed by atoms with Gasteiger partial charge in [-0.25, -0.2) is 0 Å². The number of carboxylic acid groups (broad SMARTS) is 1. The van der Waals surface area contributed by atoms with E-state index in [1.54, 1.807) is 6.20 Å². The van der Waals surface area contributed by atoms with E-state index in [1.807, 2.05) is 26.1 Å². The van der Waals surface area contributed by atoms with Gasteiger partial charge in [0.2, 0.25) is 0 Å². The van der Waals surface area contributed by atoms with Crippen LogP contribution in [0.1, 0.15) is 31.7 Å². The summed E-state index contributed by atoms with van der Waals surface area (Å²) in [5, 5.41) is 9.48. The highest BCUT2D eigenvalue weighted by atomic mass is 16.4. The predicted molar refractivity (Wildman–Crippen MR) is 70.8 cm³/mol. The zero-order valence-corrected chi connectivity index (χ0v) is 11.0. The maximum atomic E-state index is 11.5. The molecule has 1 unspecified atom stereocenters. The Bertz CT molecular complexity index is 447. The Morgan fingerprint density at radius 2 is 2.39 bits per heavy atom. The van der Waals surface area contributed by atoms with Crippen LogP contribution in [-0.4, -0.2) is 29.1 Å². The van der Waals surface area contributed by atoms with E-state index in [1.165, 1.54) is 0 Å². The fourth-order valence-corrected chi connectivity index (χ4v) is 2.77. The second-order valence-corrected chi connectivity index (χ2v) is 5.13. The van der Waals surface area contributed by atoms with Gasteiger partial charge in [-0.2, -0.15) is 0 Å². The molecular formula is C14H20N2O2. The van der Waals surface area contributed by atoms with E-state index in [-0.39, 0.29) is 0 Å². The normalized spacial score (nSPS) is 24.0. The van der Waals surface area contributed by atoms with Crippen molar-refractivity contribution in [2.75, 3.05) is 18.0 Å². The molecule has 1 saturated heterocycles. The zero-order chi connectivity index (χ0) is 13.2. The summed E-state index contributed by atoms with van der Waals surface area (Å²) in [5.74, 6) is -0.665. The molecule has 0 aliphatic carbocycles. The van der Waals surface area contributed by atoms with Gasteiger partial charge in [0.1, 0.15) is 0 Å². The highest BCUT2D eigenvalue weighted by molar-refractivity contribution is 5.76. The molecule has 4 nitrogen and oxygen atoms in total. The Labute approximate surface area is 108 Å². The van der Waals surface area contributed by atoms with Gasteiger partial charge in [0.05, 0.1) is 5.41 Å². The van der Waals surface area contributed by atoms with E-state index in [2.05, 4.69) is 9.88 Å². The zero-order valence-electron chi connectivity index (χ0n) is 11.0. The van der Waals surface area contributed by atoms with Crippen LogP contribution in [0.15, 0.2) is 18.5 Å². The number of aryl methyl sites for hydroxylation is 1. The van der Waals surface area contributed by atoms with Crippen molar-refractivity contribution in [2.45, 2.75) is 33.1 Å². The molecule has 4 heteroatoms. The minimum Gasteiger partial charge on any atom is -0.481 e. The molecule has 0 spiro atoms. The van der Waals surface area contributed by atoms with Gasteiger partial charge in [-0.05, 0) is 37.8 Å². The fraction of sp³-hybridized carbons (Fsp3) is 0.571. The molecule has 0 aromatic carbocycles. The number of piperidine rings is 1. The van der Waals surface area contributed by atoms with Crippen molar-refractivity contribution in [3.63, 3.8) is 0 Å². The van der Waals surface area contributed by atoms with Crippen LogP contribution in [-0.2, 0) is 4.79 Å². The standard InChI is InChI=1S/C14H20N2O2/c1-3-14(13(17)18)6-4-8-16(10-14)12-5-7-15-9-11(12)2/h5,7,9H,3-4,6,8,10H2,1-2H3,(H,17,18). The minimum absolute atomic E-state index is 0.589. The topological polar surface area (TPSA) is 53.4 Å². The van der Waals surface area contributed by atoms with Crippen LogP contribution in [0.25, 0.3) is 0 Å². The summed E-state index contributed by atoms with van der Waals surface area (Å²) in [4.78, 5) is 17.8. The van der Waals surface area contributed by atoms with Gasteiger partial charge in [-0.3, -0.25) is 9.78 Å². The predicted octanol–water partition coefficient (Wildman–Crippen LogP) is 2.47. The first-order valence-corrected chi connectivity index (χ1v) is 6.48. The molecule has 0 saturated carbocycles. The second kappa shape index (κ2) is 4.96. The molecule has 0 radical (unpaired) electrons. The fourth-order valence-electron chi connectivity index (χ4n) is 2.77. The van der Waals surface area contributed by atoms with Crippen LogP contribution < -0.4 is 4.90 Å². The van der Waals surface area contributed by atoms with Crippen LogP contribution in [0.4, 0.5) is 5.69 Å². The number of aromatic nitrogens is 1. The van der Waals surface area contributed by atoms with Crippen molar-refractivity contribution in [3.8, 4) is 0 Å². The Balaban J connectivity index is 2.26. The summed E-state index contributed by atoms with van der Waals surface area (Å²) in [5.41, 5.74) is 1.63. The number of aliphatic carboxylic acids is 1. The Hall–Kier alpha value is -1.58. The third kappa shape index (κ3) is 2.19. The van der Waals surface area contributed by atoms with E-state index in [0.717, 1.165) is 30.6 Å². The molecule has 1 N–H and O–H groups in total. The molecule has 98 valence electrons. The number of anilines is 1. The van der Waals surface area contributed by atoms with Gasteiger partial charge in [0.25, 0.3) is 0 Å². The maximum absolute atomic E-state index is 11.5. The summed E-state index contributed by atoms with van der Waals surface area (Å²) in [6, 6.07) is 1.98. The van der Waals surface area contributed by atoms with E-state index in [0.29, 0.717) is 13.0 Å². The number of pyridine rings is 1. The number of nitrogens with zero attached hydrogens (tertiary/aromatic N) is 2. The first-order valence-electron chi connectivity index (χ1n) is 6.48. The first kappa shape index (κ1) is 12.9. The van der Waals surface area contributed by atoms with Crippen LogP contribution >= 0.6 is 0 Å². The lowest BCUT2D eigenvalue weighted by Crippen LogP contribution is -2.47. The molecule has 0 bridgehead atoms. The van der Waals surface area contributed by atoms with Gasteiger partial charge >= 0.3 is 5.97 Å². The summed E-state index contributed by atoms with van der Waals surface area (Å²) >= 11 is 0. The monoisotopic (exact) mass is 248 g/mol. The highest BCUT2D eigenvalue weighted by Crippen LogP contribution is 2.36. The smallest absolute Gasteiger partial charge is 0.311 e. The van der Waals surface area contributed by atoms with E-state index in [4.69, 9.17) is 0 Å². The molecule has 1 aromatic rings. The Kier molecular flexibility index (Phi) is 3.55. The maximum Gasteiger partial charge on any atom is 0.311 e. The molecule has 0 amide bonds. The van der Waals surface area contributed by atoms with Crippen LogP contribution in [0, 0.1) is 12.3 Å². The second-order valence-electron chi connectivity index (χ2n) is 5.13. The third-order valence-corrected chi connectivity index (χ3v) is 4.04. The summed E-state index contributed by atoms with van der Waals surface area (Å²) in [6.45, 7) is 5.52. The van der Waals surface area contributed by atoms with Gasteiger partial charge < -0.3 is 10.0 Å².